The molecule has 1 amide bonds. The van der Waals surface area contributed by atoms with Gasteiger partial charge in [-0.2, -0.15) is 13.1 Å². The number of hydrogen-bond donors (Lipinski definition) is 2. The number of carbonyl (C=O) groups is 1. The second kappa shape index (κ2) is 5.03. The largest absolute Gasteiger partial charge is 0.487 e. The summed E-state index contributed by atoms with van der Waals surface area (Å²) in [4.78, 5) is 16.7. The number of hydrogen-bond acceptors (Lipinski definition) is 5. The van der Waals surface area contributed by atoms with Crippen LogP contribution in [0.2, 0.25) is 0 Å². The van der Waals surface area contributed by atoms with Crippen molar-refractivity contribution in [3.8, 4) is 16.9 Å². The summed E-state index contributed by atoms with van der Waals surface area (Å²) in [6, 6.07) is 9.13. The normalized spacial score (nSPS) is 25.9. The average Bonchev–Trinajstić information content (AvgIpc) is 2.75. The average molecular weight is 359 g/mol. The molecule has 2 aliphatic rings. The third kappa shape index (κ3) is 2.58. The number of carbonyl (C=O) groups excluding carboxylic acids is 1. The lowest BCUT2D eigenvalue weighted by atomic mass is 9.77. The highest BCUT2D eigenvalue weighted by atomic mass is 32.2. The highest BCUT2D eigenvalue weighted by Gasteiger charge is 2.57. The first-order valence-electron chi connectivity index (χ1n) is 7.81. The number of aromatic nitrogens is 1. The Morgan fingerprint density at radius 1 is 1.20 bits per heavy atom. The molecule has 1 atom stereocenters. The van der Waals surface area contributed by atoms with Gasteiger partial charge in [-0.25, -0.2) is 4.72 Å². The van der Waals surface area contributed by atoms with Crippen molar-refractivity contribution < 1.29 is 17.9 Å². The van der Waals surface area contributed by atoms with Crippen molar-refractivity contribution in [2.24, 2.45) is 0 Å². The van der Waals surface area contributed by atoms with E-state index < -0.39 is 27.3 Å². The van der Waals surface area contributed by atoms with E-state index in [1.807, 2.05) is 36.8 Å². The van der Waals surface area contributed by atoms with Crippen molar-refractivity contribution in [1.82, 2.24) is 14.4 Å². The molecule has 1 unspecified atom stereocenters. The second-order valence-corrected chi connectivity index (χ2v) is 8.35. The van der Waals surface area contributed by atoms with Crippen molar-refractivity contribution in [2.45, 2.75) is 31.4 Å². The lowest BCUT2D eigenvalue weighted by Gasteiger charge is -2.41. The quantitative estimate of drug-likeness (QED) is 0.804. The summed E-state index contributed by atoms with van der Waals surface area (Å²) in [5.74, 6) is -0.0999. The van der Waals surface area contributed by atoms with Gasteiger partial charge in [-0.3, -0.25) is 9.78 Å². The monoisotopic (exact) mass is 359 g/mol. The predicted octanol–water partition coefficient (Wildman–Crippen LogP) is 1.47. The molecule has 4 rings (SSSR count). The topological polar surface area (TPSA) is 97.4 Å². The summed E-state index contributed by atoms with van der Waals surface area (Å²) in [6.45, 7) is 3.65. The van der Waals surface area contributed by atoms with Gasteiger partial charge in [-0.05, 0) is 37.6 Å². The van der Waals surface area contributed by atoms with Crippen LogP contribution < -0.4 is 14.2 Å². The van der Waals surface area contributed by atoms with E-state index in [1.165, 1.54) is 0 Å². The number of fused-ring (bicyclic) bond motifs is 2. The Kier molecular flexibility index (Phi) is 3.23. The van der Waals surface area contributed by atoms with Gasteiger partial charge in [-0.15, -0.1) is 0 Å². The molecule has 2 aliphatic heterocycles. The first-order chi connectivity index (χ1) is 11.7. The van der Waals surface area contributed by atoms with Gasteiger partial charge in [0.05, 0.1) is 0 Å². The molecule has 1 saturated heterocycles. The first-order valence-corrected chi connectivity index (χ1v) is 9.29. The number of amides is 1. The van der Waals surface area contributed by atoms with E-state index >= 15 is 0 Å². The molecule has 7 nitrogen and oxygen atoms in total. The summed E-state index contributed by atoms with van der Waals surface area (Å²) in [6.07, 6.45) is 3.57. The maximum Gasteiger partial charge on any atom is 0.302 e. The van der Waals surface area contributed by atoms with Gasteiger partial charge >= 0.3 is 10.2 Å². The van der Waals surface area contributed by atoms with Gasteiger partial charge in [0.1, 0.15) is 16.9 Å². The molecular formula is C17H17N3O4S. The molecule has 1 spiro atoms. The number of nitrogens with zero attached hydrogens (tertiary/aromatic N) is 1. The number of pyridine rings is 1. The molecule has 2 N–H and O–H groups in total. The van der Waals surface area contributed by atoms with Crippen LogP contribution in [0.4, 0.5) is 0 Å². The molecular weight excluding hydrogens is 342 g/mol. The van der Waals surface area contributed by atoms with Gasteiger partial charge in [0.2, 0.25) is 0 Å². The summed E-state index contributed by atoms with van der Waals surface area (Å²) in [5, 5.41) is 0. The fraction of sp³-hybridized carbons (Fsp3) is 0.294. The van der Waals surface area contributed by atoms with Crippen molar-refractivity contribution in [3.05, 3.63) is 48.3 Å². The van der Waals surface area contributed by atoms with E-state index in [0.29, 0.717) is 11.3 Å². The molecule has 3 heterocycles. The standard InChI is InChI=1S/C17H17N3O4S/c1-16(2)10-17(15(21)19-25(22,23)20-17)13-8-11(5-6-14(13)24-16)12-4-3-7-18-9-12/h3-9,20H,10H2,1-2H3,(H,19,21). The summed E-state index contributed by atoms with van der Waals surface area (Å²) >= 11 is 0. The van der Waals surface area contributed by atoms with Gasteiger partial charge < -0.3 is 4.74 Å². The summed E-state index contributed by atoms with van der Waals surface area (Å²) in [5.41, 5.74) is 0.118. The molecule has 0 aliphatic carbocycles. The van der Waals surface area contributed by atoms with Crippen LogP contribution >= 0.6 is 0 Å². The van der Waals surface area contributed by atoms with Crippen LogP contribution in [0, 0.1) is 0 Å². The Hall–Kier alpha value is -2.45. The van der Waals surface area contributed by atoms with Crippen LogP contribution in [0.25, 0.3) is 11.1 Å². The van der Waals surface area contributed by atoms with Crippen molar-refractivity contribution in [1.29, 1.82) is 0 Å². The van der Waals surface area contributed by atoms with Crippen LogP contribution in [0.15, 0.2) is 42.7 Å². The Balaban J connectivity index is 1.93. The predicted molar refractivity (Wildman–Crippen MR) is 90.9 cm³/mol. The maximum atomic E-state index is 12.6. The second-order valence-electron chi connectivity index (χ2n) is 6.93. The highest BCUT2D eigenvalue weighted by molar-refractivity contribution is 7.88. The summed E-state index contributed by atoms with van der Waals surface area (Å²) in [7, 11) is -3.89. The van der Waals surface area contributed by atoms with Gasteiger partial charge in [0.15, 0.2) is 0 Å². The Bertz CT molecular complexity index is 973. The summed E-state index contributed by atoms with van der Waals surface area (Å²) < 4.78 is 34.5. The van der Waals surface area contributed by atoms with Gasteiger partial charge in [0.25, 0.3) is 5.91 Å². The highest BCUT2D eigenvalue weighted by Crippen LogP contribution is 2.46. The zero-order chi connectivity index (χ0) is 17.9. The lowest BCUT2D eigenvalue weighted by molar-refractivity contribution is -0.127. The van der Waals surface area contributed by atoms with E-state index in [2.05, 4.69) is 9.71 Å². The van der Waals surface area contributed by atoms with Crippen LogP contribution in [-0.4, -0.2) is 24.9 Å². The zero-order valence-corrected chi connectivity index (χ0v) is 14.6. The Morgan fingerprint density at radius 3 is 2.64 bits per heavy atom. The Labute approximate surface area is 145 Å². The van der Waals surface area contributed by atoms with E-state index in [4.69, 9.17) is 4.74 Å². The number of rotatable bonds is 1. The number of nitrogens with one attached hydrogen (secondary N) is 2. The minimum Gasteiger partial charge on any atom is -0.487 e. The Morgan fingerprint density at radius 2 is 2.00 bits per heavy atom. The van der Waals surface area contributed by atoms with Gasteiger partial charge in [-0.1, -0.05) is 12.1 Å². The molecule has 8 heteroatoms. The fourth-order valence-electron chi connectivity index (χ4n) is 3.54. The smallest absolute Gasteiger partial charge is 0.302 e. The maximum absolute atomic E-state index is 12.6. The molecule has 1 aromatic heterocycles. The minimum absolute atomic E-state index is 0.189. The molecule has 0 saturated carbocycles. The van der Waals surface area contributed by atoms with Gasteiger partial charge in [0, 0.05) is 29.9 Å². The SMILES string of the molecule is CC1(C)CC2(NS(=O)(=O)NC2=O)c2cc(-c3cccnc3)ccc2O1. The molecule has 1 fully saturated rings. The fourth-order valence-corrected chi connectivity index (χ4v) is 4.74. The first kappa shape index (κ1) is 16.0. The van der Waals surface area contributed by atoms with E-state index in [1.54, 1.807) is 24.5 Å². The van der Waals surface area contributed by atoms with Crippen molar-refractivity contribution >= 4 is 16.1 Å². The van der Waals surface area contributed by atoms with Crippen molar-refractivity contribution in [2.75, 3.05) is 0 Å². The molecule has 0 bridgehead atoms. The van der Waals surface area contributed by atoms with Crippen LogP contribution in [0.5, 0.6) is 5.75 Å². The number of ether oxygens (including phenoxy) is 1. The number of benzene rings is 1. The lowest BCUT2D eigenvalue weighted by Crippen LogP contribution is -2.53. The molecule has 130 valence electrons. The van der Waals surface area contributed by atoms with Crippen LogP contribution in [-0.2, 0) is 20.5 Å². The zero-order valence-electron chi connectivity index (χ0n) is 13.7. The third-order valence-corrected chi connectivity index (χ3v) is 5.51. The third-order valence-electron chi connectivity index (χ3n) is 4.43. The van der Waals surface area contributed by atoms with E-state index in [0.717, 1.165) is 11.1 Å². The molecule has 1 aromatic carbocycles. The molecule has 25 heavy (non-hydrogen) atoms. The van der Waals surface area contributed by atoms with Crippen LogP contribution in [0.1, 0.15) is 25.8 Å². The van der Waals surface area contributed by atoms with Crippen LogP contribution in [0.3, 0.4) is 0 Å². The molecule has 2 aromatic rings. The molecule has 0 radical (unpaired) electrons. The van der Waals surface area contributed by atoms with E-state index in [9.17, 15) is 13.2 Å². The van der Waals surface area contributed by atoms with E-state index in [-0.39, 0.29) is 6.42 Å². The minimum atomic E-state index is -3.89. The van der Waals surface area contributed by atoms with Crippen molar-refractivity contribution in [3.63, 3.8) is 0 Å².